The van der Waals surface area contributed by atoms with Gasteiger partial charge in [-0.3, -0.25) is 9.36 Å². The van der Waals surface area contributed by atoms with Gasteiger partial charge < -0.3 is 4.74 Å². The van der Waals surface area contributed by atoms with E-state index in [1.165, 1.54) is 13.4 Å². The summed E-state index contributed by atoms with van der Waals surface area (Å²) in [6.45, 7) is 0.388. The summed E-state index contributed by atoms with van der Waals surface area (Å²) in [5, 5.41) is 0.571. The summed E-state index contributed by atoms with van der Waals surface area (Å²) in [4.78, 5) is 28.2. The van der Waals surface area contributed by atoms with Crippen molar-refractivity contribution < 1.29 is 9.53 Å². The van der Waals surface area contributed by atoms with Crippen molar-refractivity contribution in [2.45, 2.75) is 6.54 Å². The Bertz CT molecular complexity index is 933. The van der Waals surface area contributed by atoms with Gasteiger partial charge in [-0.15, -0.1) is 0 Å². The smallest absolute Gasteiger partial charge is 0.337 e. The molecule has 0 spiro atoms. The summed E-state index contributed by atoms with van der Waals surface area (Å²) < 4.78 is 7.09. The summed E-state index contributed by atoms with van der Waals surface area (Å²) in [5.41, 5.74) is 1.93. The maximum Gasteiger partial charge on any atom is 0.337 e. The zero-order chi connectivity index (χ0) is 16.4. The van der Waals surface area contributed by atoms with Crippen molar-refractivity contribution in [3.63, 3.8) is 0 Å². The number of halogens is 1. The van der Waals surface area contributed by atoms with Gasteiger partial charge in [0, 0.05) is 4.47 Å². The van der Waals surface area contributed by atoms with E-state index in [0.717, 1.165) is 10.0 Å². The topological polar surface area (TPSA) is 61.2 Å². The van der Waals surface area contributed by atoms with Gasteiger partial charge in [0.05, 0.1) is 36.4 Å². The first-order valence-electron chi connectivity index (χ1n) is 6.90. The molecule has 0 aliphatic carbocycles. The molecule has 3 rings (SSSR count). The Morgan fingerprint density at radius 2 is 1.96 bits per heavy atom. The maximum atomic E-state index is 12.5. The fourth-order valence-corrected chi connectivity index (χ4v) is 2.65. The quantitative estimate of drug-likeness (QED) is 0.663. The van der Waals surface area contributed by atoms with Gasteiger partial charge in [-0.05, 0) is 35.9 Å². The van der Waals surface area contributed by atoms with Gasteiger partial charge in [0.2, 0.25) is 0 Å². The average Bonchev–Trinajstić information content (AvgIpc) is 2.57. The number of hydrogen-bond acceptors (Lipinski definition) is 4. The highest BCUT2D eigenvalue weighted by molar-refractivity contribution is 9.10. The molecule has 0 aliphatic heterocycles. The molecule has 0 N–H and O–H groups in total. The molecule has 23 heavy (non-hydrogen) atoms. The number of fused-ring (bicyclic) bond motifs is 1. The SMILES string of the molecule is COC(=O)c1ccc(Cn2cnc3cc(Br)ccc3c2=O)cc1. The first-order chi connectivity index (χ1) is 11.1. The van der Waals surface area contributed by atoms with Crippen LogP contribution in [0.25, 0.3) is 10.9 Å². The third-order valence-corrected chi connectivity index (χ3v) is 4.01. The molecule has 0 fully saturated rings. The van der Waals surface area contributed by atoms with E-state index >= 15 is 0 Å². The van der Waals surface area contributed by atoms with Crippen molar-refractivity contribution in [1.29, 1.82) is 0 Å². The second kappa shape index (κ2) is 6.34. The molecule has 0 unspecified atom stereocenters. The maximum absolute atomic E-state index is 12.5. The van der Waals surface area contributed by atoms with Crippen LogP contribution in [0.2, 0.25) is 0 Å². The highest BCUT2D eigenvalue weighted by Crippen LogP contribution is 2.15. The zero-order valence-corrected chi connectivity index (χ0v) is 13.9. The van der Waals surface area contributed by atoms with Crippen LogP contribution in [0.4, 0.5) is 0 Å². The Morgan fingerprint density at radius 1 is 1.22 bits per heavy atom. The number of esters is 1. The molecule has 0 bridgehead atoms. The zero-order valence-electron chi connectivity index (χ0n) is 12.3. The Balaban J connectivity index is 1.92. The molecule has 0 aliphatic rings. The number of nitrogens with zero attached hydrogens (tertiary/aromatic N) is 2. The third kappa shape index (κ3) is 3.17. The molecule has 2 aromatic carbocycles. The van der Waals surface area contributed by atoms with E-state index in [2.05, 4.69) is 25.7 Å². The third-order valence-electron chi connectivity index (χ3n) is 3.52. The molecular formula is C17H13BrN2O3. The van der Waals surface area contributed by atoms with Crippen molar-refractivity contribution in [3.8, 4) is 0 Å². The van der Waals surface area contributed by atoms with Crippen LogP contribution in [0, 0.1) is 0 Å². The molecular weight excluding hydrogens is 360 g/mol. The molecule has 5 nitrogen and oxygen atoms in total. The Morgan fingerprint density at radius 3 is 2.65 bits per heavy atom. The first-order valence-corrected chi connectivity index (χ1v) is 7.70. The molecule has 0 saturated carbocycles. The Hall–Kier alpha value is -2.47. The number of carbonyl (C=O) groups excluding carboxylic acids is 1. The van der Waals surface area contributed by atoms with Crippen molar-refractivity contribution in [1.82, 2.24) is 9.55 Å². The largest absolute Gasteiger partial charge is 0.465 e. The number of aromatic nitrogens is 2. The summed E-state index contributed by atoms with van der Waals surface area (Å²) in [5.74, 6) is -0.383. The number of methoxy groups -OCH3 is 1. The molecule has 1 aromatic heterocycles. The van der Waals surface area contributed by atoms with Crippen molar-refractivity contribution in [2.75, 3.05) is 7.11 Å². The summed E-state index contributed by atoms with van der Waals surface area (Å²) in [6.07, 6.45) is 1.53. The fourth-order valence-electron chi connectivity index (χ4n) is 2.30. The van der Waals surface area contributed by atoms with Crippen LogP contribution in [0.1, 0.15) is 15.9 Å². The monoisotopic (exact) mass is 372 g/mol. The molecule has 116 valence electrons. The van der Waals surface area contributed by atoms with Crippen LogP contribution in [0.15, 0.2) is 58.1 Å². The summed E-state index contributed by atoms with van der Waals surface area (Å²) in [7, 11) is 1.34. The molecule has 0 radical (unpaired) electrons. The normalized spacial score (nSPS) is 10.7. The molecule has 0 saturated heterocycles. The van der Waals surface area contributed by atoms with E-state index in [0.29, 0.717) is 23.0 Å². The minimum absolute atomic E-state index is 0.0976. The highest BCUT2D eigenvalue weighted by atomic mass is 79.9. The van der Waals surface area contributed by atoms with Crippen LogP contribution in [0.3, 0.4) is 0 Å². The molecule has 0 atom stereocenters. The van der Waals surface area contributed by atoms with Crippen LogP contribution in [-0.2, 0) is 11.3 Å². The number of ether oxygens (including phenoxy) is 1. The lowest BCUT2D eigenvalue weighted by Crippen LogP contribution is -2.21. The number of rotatable bonds is 3. The van der Waals surface area contributed by atoms with Crippen molar-refractivity contribution >= 4 is 32.8 Å². The molecule has 1 heterocycles. The second-order valence-corrected chi connectivity index (χ2v) is 5.94. The van der Waals surface area contributed by atoms with Gasteiger partial charge in [0.1, 0.15) is 0 Å². The van der Waals surface area contributed by atoms with Crippen LogP contribution in [-0.4, -0.2) is 22.6 Å². The van der Waals surface area contributed by atoms with Crippen LogP contribution in [0.5, 0.6) is 0 Å². The standard InChI is InChI=1S/C17H13BrN2O3/c1-23-17(22)12-4-2-11(3-5-12)9-20-10-19-15-8-13(18)6-7-14(15)16(20)21/h2-8,10H,9H2,1H3. The number of carbonyl (C=O) groups is 1. The minimum Gasteiger partial charge on any atom is -0.465 e. The Labute approximate surface area is 140 Å². The van der Waals surface area contributed by atoms with E-state index < -0.39 is 0 Å². The van der Waals surface area contributed by atoms with Gasteiger partial charge in [0.25, 0.3) is 5.56 Å². The lowest BCUT2D eigenvalue weighted by molar-refractivity contribution is 0.0600. The summed E-state index contributed by atoms with van der Waals surface area (Å²) in [6, 6.07) is 12.3. The number of hydrogen-bond donors (Lipinski definition) is 0. The van der Waals surface area contributed by atoms with Crippen molar-refractivity contribution in [2.24, 2.45) is 0 Å². The summed E-state index contributed by atoms with van der Waals surface area (Å²) >= 11 is 3.37. The lowest BCUT2D eigenvalue weighted by Gasteiger charge is -2.07. The first kappa shape index (κ1) is 15.4. The van der Waals surface area contributed by atoms with Gasteiger partial charge >= 0.3 is 5.97 Å². The predicted molar refractivity (Wildman–Crippen MR) is 90.6 cm³/mol. The van der Waals surface area contributed by atoms with Crippen LogP contribution < -0.4 is 5.56 Å². The molecule has 0 amide bonds. The average molecular weight is 373 g/mol. The van der Waals surface area contributed by atoms with E-state index in [9.17, 15) is 9.59 Å². The van der Waals surface area contributed by atoms with Gasteiger partial charge in [0.15, 0.2) is 0 Å². The number of benzene rings is 2. The molecule has 3 aromatic rings. The van der Waals surface area contributed by atoms with Gasteiger partial charge in [-0.1, -0.05) is 28.1 Å². The van der Waals surface area contributed by atoms with Gasteiger partial charge in [-0.25, -0.2) is 9.78 Å². The molecule has 6 heteroatoms. The second-order valence-electron chi connectivity index (χ2n) is 5.03. The van der Waals surface area contributed by atoms with E-state index in [1.54, 1.807) is 34.9 Å². The fraction of sp³-hybridized carbons (Fsp3) is 0.118. The minimum atomic E-state index is -0.383. The predicted octanol–water partition coefficient (Wildman–Crippen LogP) is 2.99. The van der Waals surface area contributed by atoms with E-state index in [4.69, 9.17) is 0 Å². The van der Waals surface area contributed by atoms with E-state index in [1.807, 2.05) is 12.1 Å². The van der Waals surface area contributed by atoms with Crippen molar-refractivity contribution in [3.05, 3.63) is 74.7 Å². The highest BCUT2D eigenvalue weighted by Gasteiger charge is 2.07. The van der Waals surface area contributed by atoms with Crippen LogP contribution >= 0.6 is 15.9 Å². The Kier molecular flexibility index (Phi) is 4.25. The van der Waals surface area contributed by atoms with Gasteiger partial charge in [-0.2, -0.15) is 0 Å². The lowest BCUT2D eigenvalue weighted by atomic mass is 10.1. The van der Waals surface area contributed by atoms with E-state index in [-0.39, 0.29) is 11.5 Å².